The van der Waals surface area contributed by atoms with Crippen molar-refractivity contribution in [1.82, 2.24) is 20.6 Å². The highest BCUT2D eigenvalue weighted by Gasteiger charge is 2.11. The van der Waals surface area contributed by atoms with Gasteiger partial charge >= 0.3 is 12.0 Å². The number of anilines is 1. The number of hydrogen-bond acceptors (Lipinski definition) is 7. The third kappa shape index (κ3) is 9.02. The lowest BCUT2D eigenvalue weighted by atomic mass is 10.2. The Morgan fingerprint density at radius 2 is 1.91 bits per heavy atom. The zero-order chi connectivity index (χ0) is 17.1. The maximum Gasteiger partial charge on any atom is 0.321 e. The molecule has 3 N–H and O–H groups in total. The van der Waals surface area contributed by atoms with E-state index in [1.54, 1.807) is 18.5 Å². The molecule has 126 valence electrons. The van der Waals surface area contributed by atoms with Gasteiger partial charge in [0.2, 0.25) is 5.95 Å². The van der Waals surface area contributed by atoms with Crippen LogP contribution in [0.15, 0.2) is 18.5 Å². The quantitative estimate of drug-likeness (QED) is 0.588. The Hall–Kier alpha value is -2.71. The Morgan fingerprint density at radius 1 is 1.22 bits per heavy atom. The van der Waals surface area contributed by atoms with Crippen LogP contribution in [-0.4, -0.2) is 47.6 Å². The van der Waals surface area contributed by atoms with Gasteiger partial charge in [0.15, 0.2) is 6.61 Å². The Balaban J connectivity index is 2.12. The van der Waals surface area contributed by atoms with Gasteiger partial charge in [-0.15, -0.1) is 0 Å². The van der Waals surface area contributed by atoms with Crippen molar-refractivity contribution < 1.29 is 19.1 Å². The summed E-state index contributed by atoms with van der Waals surface area (Å²) in [5, 5.41) is 7.42. The highest BCUT2D eigenvalue weighted by molar-refractivity contribution is 5.95. The summed E-state index contributed by atoms with van der Waals surface area (Å²) in [6, 6.07) is 1.07. The summed E-state index contributed by atoms with van der Waals surface area (Å²) in [5.74, 6) is -0.570. The van der Waals surface area contributed by atoms with Gasteiger partial charge in [0.1, 0.15) is 0 Å². The first-order chi connectivity index (χ1) is 11.0. The monoisotopic (exact) mass is 323 g/mol. The molecule has 0 saturated carbocycles. The van der Waals surface area contributed by atoms with Crippen LogP contribution >= 0.6 is 0 Å². The van der Waals surface area contributed by atoms with Crippen molar-refractivity contribution in [3.63, 3.8) is 0 Å². The number of nitrogens with zero attached hydrogens (tertiary/aromatic N) is 2. The van der Waals surface area contributed by atoms with E-state index < -0.39 is 24.5 Å². The minimum Gasteiger partial charge on any atom is -0.456 e. The molecule has 0 aliphatic carbocycles. The van der Waals surface area contributed by atoms with Crippen LogP contribution in [-0.2, 0) is 14.3 Å². The molecule has 0 bridgehead atoms. The van der Waals surface area contributed by atoms with Crippen LogP contribution in [0.5, 0.6) is 0 Å². The lowest BCUT2D eigenvalue weighted by molar-refractivity contribution is -0.148. The molecular formula is C14H21N5O4. The van der Waals surface area contributed by atoms with E-state index in [2.05, 4.69) is 25.9 Å². The maximum absolute atomic E-state index is 11.5. The van der Waals surface area contributed by atoms with Gasteiger partial charge in [-0.3, -0.25) is 14.9 Å². The molecule has 0 fully saturated rings. The molecule has 3 amide bonds. The van der Waals surface area contributed by atoms with Crippen molar-refractivity contribution in [3.05, 3.63) is 18.5 Å². The van der Waals surface area contributed by atoms with E-state index in [9.17, 15) is 14.4 Å². The Morgan fingerprint density at radius 3 is 2.57 bits per heavy atom. The number of carbonyl (C=O) groups excluding carboxylic acids is 3. The molecular weight excluding hydrogens is 302 g/mol. The number of rotatable bonds is 8. The number of urea groups is 1. The lowest BCUT2D eigenvalue weighted by Gasteiger charge is -2.09. The first kappa shape index (κ1) is 18.3. The van der Waals surface area contributed by atoms with E-state index in [0.29, 0.717) is 12.5 Å². The summed E-state index contributed by atoms with van der Waals surface area (Å²) in [7, 11) is 0. The third-order valence-electron chi connectivity index (χ3n) is 2.47. The molecule has 1 rings (SSSR count). The van der Waals surface area contributed by atoms with Gasteiger partial charge < -0.3 is 15.4 Å². The van der Waals surface area contributed by atoms with Gasteiger partial charge in [0.05, 0.1) is 6.42 Å². The minimum atomic E-state index is -0.682. The molecule has 0 unspecified atom stereocenters. The smallest absolute Gasteiger partial charge is 0.321 e. The fraction of sp³-hybridized carbons (Fsp3) is 0.500. The Bertz CT molecular complexity index is 521. The van der Waals surface area contributed by atoms with E-state index in [0.717, 1.165) is 0 Å². The SMILES string of the molecule is CC(C)CNC(=O)NC(=O)COC(=O)CCNc1ncccn1. The summed E-state index contributed by atoms with van der Waals surface area (Å²) in [6.45, 7) is 4.08. The van der Waals surface area contributed by atoms with Crippen LogP contribution in [0.1, 0.15) is 20.3 Å². The van der Waals surface area contributed by atoms with E-state index >= 15 is 0 Å². The molecule has 0 aromatic carbocycles. The molecule has 0 saturated heterocycles. The van der Waals surface area contributed by atoms with Gasteiger partial charge in [-0.05, 0) is 12.0 Å². The minimum absolute atomic E-state index is 0.0467. The number of hydrogen-bond donors (Lipinski definition) is 3. The molecule has 0 atom stereocenters. The van der Waals surface area contributed by atoms with Gasteiger partial charge in [-0.1, -0.05) is 13.8 Å². The fourth-order valence-electron chi connectivity index (χ4n) is 1.39. The van der Waals surface area contributed by atoms with Crippen LogP contribution in [0.3, 0.4) is 0 Å². The van der Waals surface area contributed by atoms with Crippen molar-refractivity contribution in [3.8, 4) is 0 Å². The second-order valence-corrected chi connectivity index (χ2v) is 5.06. The molecule has 23 heavy (non-hydrogen) atoms. The lowest BCUT2D eigenvalue weighted by Crippen LogP contribution is -2.42. The predicted octanol–water partition coefficient (Wildman–Crippen LogP) is 0.304. The van der Waals surface area contributed by atoms with Crippen LogP contribution in [0.25, 0.3) is 0 Å². The van der Waals surface area contributed by atoms with Gasteiger partial charge in [-0.2, -0.15) is 0 Å². The molecule has 0 aliphatic heterocycles. The molecule has 0 radical (unpaired) electrons. The second-order valence-electron chi connectivity index (χ2n) is 5.06. The van der Waals surface area contributed by atoms with Gasteiger partial charge in [0, 0.05) is 25.5 Å². The van der Waals surface area contributed by atoms with Crippen LogP contribution < -0.4 is 16.0 Å². The molecule has 0 spiro atoms. The molecule has 1 aromatic heterocycles. The first-order valence-corrected chi connectivity index (χ1v) is 7.21. The van der Waals surface area contributed by atoms with Crippen molar-refractivity contribution in [2.24, 2.45) is 5.92 Å². The number of amides is 3. The van der Waals surface area contributed by atoms with E-state index in [1.807, 2.05) is 13.8 Å². The number of aromatic nitrogens is 2. The standard InChI is InChI=1S/C14H21N5O4/c1-10(2)8-18-14(22)19-11(20)9-23-12(21)4-7-17-13-15-5-3-6-16-13/h3,5-6,10H,4,7-9H2,1-2H3,(H,15,16,17)(H2,18,19,20,22). The van der Waals surface area contributed by atoms with Crippen LogP contribution in [0.2, 0.25) is 0 Å². The van der Waals surface area contributed by atoms with Crippen molar-refractivity contribution in [1.29, 1.82) is 0 Å². The largest absolute Gasteiger partial charge is 0.456 e. The molecule has 1 aromatic rings. The topological polar surface area (TPSA) is 122 Å². The number of imide groups is 1. The van der Waals surface area contributed by atoms with E-state index in [4.69, 9.17) is 4.74 Å². The zero-order valence-electron chi connectivity index (χ0n) is 13.2. The summed E-state index contributed by atoms with van der Waals surface area (Å²) < 4.78 is 4.76. The van der Waals surface area contributed by atoms with Gasteiger partial charge in [0.25, 0.3) is 5.91 Å². The normalized spacial score (nSPS) is 10.0. The van der Waals surface area contributed by atoms with Crippen LogP contribution in [0.4, 0.5) is 10.7 Å². The Labute approximate surface area is 134 Å². The first-order valence-electron chi connectivity index (χ1n) is 7.21. The summed E-state index contributed by atoms with van der Waals surface area (Å²) in [4.78, 5) is 42.1. The number of carbonyl (C=O) groups is 3. The van der Waals surface area contributed by atoms with Crippen LogP contribution in [0, 0.1) is 5.92 Å². The van der Waals surface area contributed by atoms with E-state index in [1.165, 1.54) is 0 Å². The average molecular weight is 323 g/mol. The highest BCUT2D eigenvalue weighted by atomic mass is 16.5. The van der Waals surface area contributed by atoms with Crippen molar-refractivity contribution >= 4 is 23.9 Å². The van der Waals surface area contributed by atoms with Gasteiger partial charge in [-0.25, -0.2) is 14.8 Å². The highest BCUT2D eigenvalue weighted by Crippen LogP contribution is 1.95. The summed E-state index contributed by atoms with van der Waals surface area (Å²) >= 11 is 0. The molecule has 1 heterocycles. The maximum atomic E-state index is 11.5. The average Bonchev–Trinajstić information content (AvgIpc) is 2.52. The number of nitrogens with one attached hydrogen (secondary N) is 3. The van der Waals surface area contributed by atoms with Crippen molar-refractivity contribution in [2.45, 2.75) is 20.3 Å². The third-order valence-corrected chi connectivity index (χ3v) is 2.47. The second kappa shape index (κ2) is 10.1. The number of esters is 1. The summed E-state index contributed by atoms with van der Waals surface area (Å²) in [6.07, 6.45) is 3.19. The summed E-state index contributed by atoms with van der Waals surface area (Å²) in [5.41, 5.74) is 0. The predicted molar refractivity (Wildman–Crippen MR) is 82.5 cm³/mol. The molecule has 9 nitrogen and oxygen atoms in total. The molecule has 0 aliphatic rings. The van der Waals surface area contributed by atoms with Crippen molar-refractivity contribution in [2.75, 3.05) is 25.0 Å². The van der Waals surface area contributed by atoms with E-state index in [-0.39, 0.29) is 18.9 Å². The number of ether oxygens (including phenoxy) is 1. The fourth-order valence-corrected chi connectivity index (χ4v) is 1.39. The molecule has 9 heteroatoms. The zero-order valence-corrected chi connectivity index (χ0v) is 13.2. The Kier molecular flexibility index (Phi) is 8.04.